The predicted molar refractivity (Wildman–Crippen MR) is 74.8 cm³/mol. The van der Waals surface area contributed by atoms with Gasteiger partial charge in [0.05, 0.1) is 11.3 Å². The van der Waals surface area contributed by atoms with Gasteiger partial charge in [-0.15, -0.1) is 0 Å². The lowest BCUT2D eigenvalue weighted by Crippen LogP contribution is -2.08. The number of anilines is 1. The van der Waals surface area contributed by atoms with E-state index in [1.54, 1.807) is 0 Å². The van der Waals surface area contributed by atoms with Crippen LogP contribution in [0, 0.1) is 5.82 Å². The first-order valence-electron chi connectivity index (χ1n) is 5.58. The van der Waals surface area contributed by atoms with Crippen molar-refractivity contribution in [3.63, 3.8) is 0 Å². The highest BCUT2D eigenvalue weighted by molar-refractivity contribution is 9.10. The number of carbonyl (C=O) groups is 1. The fourth-order valence-electron chi connectivity index (χ4n) is 1.72. The standard InChI is InChI=1S/C14H11BrFNO2/c15-10-4-1-3-9(7-10)8-17-13-11(14(18)19)5-2-6-12(13)16/h1-7,17H,8H2,(H,18,19). The van der Waals surface area contributed by atoms with E-state index in [-0.39, 0.29) is 11.3 Å². The molecule has 0 aromatic heterocycles. The summed E-state index contributed by atoms with van der Waals surface area (Å²) in [4.78, 5) is 11.0. The largest absolute Gasteiger partial charge is 0.478 e. The number of para-hydroxylation sites is 1. The van der Waals surface area contributed by atoms with E-state index in [9.17, 15) is 9.18 Å². The maximum atomic E-state index is 13.7. The molecule has 0 saturated carbocycles. The molecule has 5 heteroatoms. The molecular formula is C14H11BrFNO2. The van der Waals surface area contributed by atoms with Crippen LogP contribution in [0.3, 0.4) is 0 Å². The van der Waals surface area contributed by atoms with E-state index in [1.165, 1.54) is 18.2 Å². The number of hydrogen-bond donors (Lipinski definition) is 2. The van der Waals surface area contributed by atoms with Crippen molar-refractivity contribution in [2.45, 2.75) is 6.54 Å². The van der Waals surface area contributed by atoms with Gasteiger partial charge < -0.3 is 10.4 Å². The van der Waals surface area contributed by atoms with E-state index >= 15 is 0 Å². The molecule has 2 aromatic carbocycles. The van der Waals surface area contributed by atoms with E-state index in [4.69, 9.17) is 5.11 Å². The minimum absolute atomic E-state index is 0.00924. The first kappa shape index (κ1) is 13.5. The van der Waals surface area contributed by atoms with Gasteiger partial charge in [-0.1, -0.05) is 34.1 Å². The molecule has 0 aliphatic heterocycles. The van der Waals surface area contributed by atoms with Crippen LogP contribution in [-0.2, 0) is 6.54 Å². The Morgan fingerprint density at radius 2 is 2.00 bits per heavy atom. The third-order valence-corrected chi connectivity index (χ3v) is 3.10. The highest BCUT2D eigenvalue weighted by atomic mass is 79.9. The number of nitrogens with one attached hydrogen (secondary N) is 1. The summed E-state index contributed by atoms with van der Waals surface area (Å²) in [5.41, 5.74) is 0.860. The van der Waals surface area contributed by atoms with Crippen molar-refractivity contribution >= 4 is 27.6 Å². The number of hydrogen-bond acceptors (Lipinski definition) is 2. The van der Waals surface area contributed by atoms with Crippen molar-refractivity contribution < 1.29 is 14.3 Å². The average molecular weight is 324 g/mol. The number of carboxylic acid groups (broad SMARTS) is 1. The summed E-state index contributed by atoms with van der Waals surface area (Å²) in [7, 11) is 0. The van der Waals surface area contributed by atoms with Crippen LogP contribution in [-0.4, -0.2) is 11.1 Å². The monoisotopic (exact) mass is 323 g/mol. The lowest BCUT2D eigenvalue weighted by molar-refractivity contribution is 0.0697. The SMILES string of the molecule is O=C(O)c1cccc(F)c1NCc1cccc(Br)c1. The van der Waals surface area contributed by atoms with E-state index in [1.807, 2.05) is 24.3 Å². The van der Waals surface area contributed by atoms with Gasteiger partial charge >= 0.3 is 5.97 Å². The van der Waals surface area contributed by atoms with Gasteiger partial charge in [0.25, 0.3) is 0 Å². The molecule has 2 aromatic rings. The van der Waals surface area contributed by atoms with Gasteiger partial charge in [0.15, 0.2) is 0 Å². The van der Waals surface area contributed by atoms with Gasteiger partial charge in [-0.05, 0) is 29.8 Å². The lowest BCUT2D eigenvalue weighted by atomic mass is 10.1. The summed E-state index contributed by atoms with van der Waals surface area (Å²) >= 11 is 3.34. The molecule has 3 nitrogen and oxygen atoms in total. The number of carboxylic acids is 1. The quantitative estimate of drug-likeness (QED) is 0.897. The molecule has 0 spiro atoms. The molecule has 0 amide bonds. The molecule has 0 heterocycles. The first-order chi connectivity index (χ1) is 9.08. The van der Waals surface area contributed by atoms with Crippen LogP contribution >= 0.6 is 15.9 Å². The molecule has 19 heavy (non-hydrogen) atoms. The Hall–Kier alpha value is -1.88. The lowest BCUT2D eigenvalue weighted by Gasteiger charge is -2.10. The number of halogens is 2. The summed E-state index contributed by atoms with van der Waals surface area (Å²) in [6.07, 6.45) is 0. The second-order valence-electron chi connectivity index (χ2n) is 3.95. The molecule has 2 rings (SSSR count). The third kappa shape index (κ3) is 3.32. The summed E-state index contributed by atoms with van der Waals surface area (Å²) < 4.78 is 14.6. The second kappa shape index (κ2) is 5.84. The molecule has 0 aliphatic rings. The van der Waals surface area contributed by atoms with Gasteiger partial charge in [-0.25, -0.2) is 9.18 Å². The first-order valence-corrected chi connectivity index (χ1v) is 6.37. The molecular weight excluding hydrogens is 313 g/mol. The summed E-state index contributed by atoms with van der Waals surface area (Å²) in [5, 5.41) is 11.8. The number of aromatic carboxylic acids is 1. The molecule has 2 N–H and O–H groups in total. The van der Waals surface area contributed by atoms with Crippen LogP contribution in [0.25, 0.3) is 0 Å². The van der Waals surface area contributed by atoms with Gasteiger partial charge in [0.1, 0.15) is 5.82 Å². The Kier molecular flexibility index (Phi) is 4.16. The average Bonchev–Trinajstić information content (AvgIpc) is 2.37. The van der Waals surface area contributed by atoms with Crippen molar-refractivity contribution in [3.8, 4) is 0 Å². The van der Waals surface area contributed by atoms with Crippen molar-refractivity contribution in [1.82, 2.24) is 0 Å². The van der Waals surface area contributed by atoms with Gasteiger partial charge in [0.2, 0.25) is 0 Å². The second-order valence-corrected chi connectivity index (χ2v) is 4.87. The molecule has 0 fully saturated rings. The molecule has 0 atom stereocenters. The van der Waals surface area contributed by atoms with E-state index in [0.717, 1.165) is 10.0 Å². The molecule has 98 valence electrons. The molecule has 0 aliphatic carbocycles. The van der Waals surface area contributed by atoms with Crippen molar-refractivity contribution in [1.29, 1.82) is 0 Å². The van der Waals surface area contributed by atoms with Crippen molar-refractivity contribution in [2.75, 3.05) is 5.32 Å². The maximum Gasteiger partial charge on any atom is 0.337 e. The van der Waals surface area contributed by atoms with Crippen molar-refractivity contribution in [2.24, 2.45) is 0 Å². The fourth-order valence-corrected chi connectivity index (χ4v) is 2.17. The predicted octanol–water partition coefficient (Wildman–Crippen LogP) is 3.90. The zero-order chi connectivity index (χ0) is 13.8. The number of benzene rings is 2. The van der Waals surface area contributed by atoms with Crippen molar-refractivity contribution in [3.05, 3.63) is 63.9 Å². The minimum Gasteiger partial charge on any atom is -0.478 e. The van der Waals surface area contributed by atoms with Gasteiger partial charge in [-0.2, -0.15) is 0 Å². The van der Waals surface area contributed by atoms with Crippen LogP contribution < -0.4 is 5.32 Å². The highest BCUT2D eigenvalue weighted by Crippen LogP contribution is 2.21. The van der Waals surface area contributed by atoms with Crippen LogP contribution in [0.2, 0.25) is 0 Å². The molecule has 0 unspecified atom stereocenters. The smallest absolute Gasteiger partial charge is 0.337 e. The normalized spacial score (nSPS) is 10.2. The van der Waals surface area contributed by atoms with E-state index < -0.39 is 11.8 Å². The highest BCUT2D eigenvalue weighted by Gasteiger charge is 2.13. The van der Waals surface area contributed by atoms with Crippen LogP contribution in [0.4, 0.5) is 10.1 Å². The molecule has 0 radical (unpaired) electrons. The van der Waals surface area contributed by atoms with Crippen LogP contribution in [0.15, 0.2) is 46.9 Å². The zero-order valence-electron chi connectivity index (χ0n) is 9.86. The molecule has 0 bridgehead atoms. The van der Waals surface area contributed by atoms with Crippen LogP contribution in [0.1, 0.15) is 15.9 Å². The Morgan fingerprint density at radius 3 is 2.68 bits per heavy atom. The Balaban J connectivity index is 2.22. The zero-order valence-corrected chi connectivity index (χ0v) is 11.4. The van der Waals surface area contributed by atoms with Gasteiger partial charge in [0, 0.05) is 11.0 Å². The Morgan fingerprint density at radius 1 is 1.26 bits per heavy atom. The number of rotatable bonds is 4. The summed E-state index contributed by atoms with van der Waals surface area (Å²) in [5.74, 6) is -1.73. The van der Waals surface area contributed by atoms with Crippen LogP contribution in [0.5, 0.6) is 0 Å². The topological polar surface area (TPSA) is 49.3 Å². The summed E-state index contributed by atoms with van der Waals surface area (Å²) in [6.45, 7) is 0.348. The molecule has 0 saturated heterocycles. The van der Waals surface area contributed by atoms with Gasteiger partial charge in [-0.3, -0.25) is 0 Å². The third-order valence-electron chi connectivity index (χ3n) is 2.60. The van der Waals surface area contributed by atoms with E-state index in [2.05, 4.69) is 21.2 Å². The van der Waals surface area contributed by atoms with E-state index in [0.29, 0.717) is 6.54 Å². The Bertz CT molecular complexity index is 616. The Labute approximate surface area is 118 Å². The fraction of sp³-hybridized carbons (Fsp3) is 0.0714. The minimum atomic E-state index is -1.16. The summed E-state index contributed by atoms with van der Waals surface area (Å²) in [6, 6.07) is 11.5. The maximum absolute atomic E-state index is 13.7.